The van der Waals surface area contributed by atoms with Gasteiger partial charge in [0, 0.05) is 21.5 Å². The van der Waals surface area contributed by atoms with Gasteiger partial charge in [-0.3, -0.25) is 9.59 Å². The van der Waals surface area contributed by atoms with Gasteiger partial charge in [0.15, 0.2) is 0 Å². The SMILES string of the molecule is Cc1sc(C)c(C(=O)NC2CCC(C(=O)O)CC2)c1Nc1ccc(-c2ccccc2)cc1. The molecule has 1 aliphatic rings. The van der Waals surface area contributed by atoms with Crippen molar-refractivity contribution in [2.24, 2.45) is 5.92 Å². The first-order valence-corrected chi connectivity index (χ1v) is 11.8. The Morgan fingerprint density at radius 1 is 0.875 bits per heavy atom. The molecule has 0 spiro atoms. The minimum absolute atomic E-state index is 0.0238. The standard InChI is InChI=1S/C26H28N2O3S/c1-16-23(25(29)28-22-14-10-20(11-15-22)26(30)31)24(17(2)32-16)27-21-12-8-19(9-13-21)18-6-4-3-5-7-18/h3-9,12-13,20,22,27H,10-11,14-15H2,1-2H3,(H,28,29)(H,30,31). The van der Waals surface area contributed by atoms with Gasteiger partial charge in [-0.25, -0.2) is 0 Å². The lowest BCUT2D eigenvalue weighted by Gasteiger charge is -2.27. The monoisotopic (exact) mass is 448 g/mol. The molecule has 1 aromatic heterocycles. The topological polar surface area (TPSA) is 78.4 Å². The van der Waals surface area contributed by atoms with Crippen molar-refractivity contribution in [1.29, 1.82) is 0 Å². The molecular weight excluding hydrogens is 420 g/mol. The lowest BCUT2D eigenvalue weighted by Crippen LogP contribution is -2.39. The van der Waals surface area contributed by atoms with Crippen molar-refractivity contribution in [3.05, 3.63) is 69.9 Å². The Balaban J connectivity index is 1.47. The number of amides is 1. The van der Waals surface area contributed by atoms with E-state index in [1.165, 1.54) is 5.56 Å². The maximum Gasteiger partial charge on any atom is 0.306 e. The van der Waals surface area contributed by atoms with E-state index in [4.69, 9.17) is 0 Å². The first kappa shape index (κ1) is 22.1. The number of aliphatic carboxylic acids is 1. The molecule has 1 fully saturated rings. The molecule has 4 rings (SSSR count). The number of hydrogen-bond acceptors (Lipinski definition) is 4. The first-order valence-electron chi connectivity index (χ1n) is 11.0. The second-order valence-electron chi connectivity index (χ2n) is 8.39. The van der Waals surface area contributed by atoms with Crippen molar-refractivity contribution in [3.8, 4) is 11.1 Å². The van der Waals surface area contributed by atoms with Crippen LogP contribution in [-0.4, -0.2) is 23.0 Å². The molecule has 3 N–H and O–H groups in total. The van der Waals surface area contributed by atoms with E-state index in [0.717, 1.165) is 26.7 Å². The molecule has 0 atom stereocenters. The Kier molecular flexibility index (Phi) is 6.61. The summed E-state index contributed by atoms with van der Waals surface area (Å²) in [6.45, 7) is 3.99. The van der Waals surface area contributed by atoms with Crippen molar-refractivity contribution >= 4 is 34.6 Å². The summed E-state index contributed by atoms with van der Waals surface area (Å²) >= 11 is 1.61. The molecule has 2 aromatic carbocycles. The van der Waals surface area contributed by atoms with Crippen LogP contribution >= 0.6 is 11.3 Å². The minimum atomic E-state index is -0.733. The fourth-order valence-electron chi connectivity index (χ4n) is 4.37. The van der Waals surface area contributed by atoms with E-state index in [1.807, 2.05) is 44.2 Å². The number of carbonyl (C=O) groups is 2. The quantitative estimate of drug-likeness (QED) is 0.423. The summed E-state index contributed by atoms with van der Waals surface area (Å²) in [6, 6.07) is 18.5. The number of anilines is 2. The number of thiophene rings is 1. The maximum absolute atomic E-state index is 13.2. The normalized spacial score (nSPS) is 18.2. The highest BCUT2D eigenvalue weighted by molar-refractivity contribution is 7.12. The molecule has 0 radical (unpaired) electrons. The van der Waals surface area contributed by atoms with Gasteiger partial charge in [-0.2, -0.15) is 0 Å². The average Bonchev–Trinajstić information content (AvgIpc) is 3.08. The second-order valence-corrected chi connectivity index (χ2v) is 9.82. The lowest BCUT2D eigenvalue weighted by atomic mass is 9.86. The number of benzene rings is 2. The van der Waals surface area contributed by atoms with Crippen LogP contribution in [0.15, 0.2) is 54.6 Å². The molecule has 1 heterocycles. The molecule has 0 aliphatic heterocycles. The molecule has 0 unspecified atom stereocenters. The lowest BCUT2D eigenvalue weighted by molar-refractivity contribution is -0.142. The highest BCUT2D eigenvalue weighted by Crippen LogP contribution is 2.35. The Morgan fingerprint density at radius 2 is 1.50 bits per heavy atom. The highest BCUT2D eigenvalue weighted by atomic mass is 32.1. The van der Waals surface area contributed by atoms with Crippen LogP contribution in [0.2, 0.25) is 0 Å². The molecule has 1 aliphatic carbocycles. The van der Waals surface area contributed by atoms with Crippen LogP contribution in [0, 0.1) is 19.8 Å². The molecule has 5 nitrogen and oxygen atoms in total. The summed E-state index contributed by atoms with van der Waals surface area (Å²) in [7, 11) is 0. The summed E-state index contributed by atoms with van der Waals surface area (Å²) in [6.07, 6.45) is 2.63. The molecule has 3 aromatic rings. The van der Waals surface area contributed by atoms with Crippen molar-refractivity contribution in [2.75, 3.05) is 5.32 Å². The summed E-state index contributed by atoms with van der Waals surface area (Å²) < 4.78 is 0. The fraction of sp³-hybridized carbons (Fsp3) is 0.308. The zero-order valence-electron chi connectivity index (χ0n) is 18.4. The van der Waals surface area contributed by atoms with Gasteiger partial charge >= 0.3 is 5.97 Å². The van der Waals surface area contributed by atoms with Gasteiger partial charge in [-0.05, 0) is 62.8 Å². The Bertz CT molecular complexity index is 1100. The van der Waals surface area contributed by atoms with E-state index in [-0.39, 0.29) is 17.9 Å². The van der Waals surface area contributed by atoms with E-state index in [9.17, 15) is 14.7 Å². The summed E-state index contributed by atoms with van der Waals surface area (Å²) in [5.41, 5.74) is 4.77. The van der Waals surface area contributed by atoms with Crippen LogP contribution in [0.25, 0.3) is 11.1 Å². The van der Waals surface area contributed by atoms with Gasteiger partial charge in [-0.1, -0.05) is 42.5 Å². The Labute approximate surface area is 192 Å². The van der Waals surface area contributed by atoms with E-state index in [2.05, 4.69) is 34.9 Å². The predicted molar refractivity (Wildman–Crippen MR) is 130 cm³/mol. The molecule has 1 saturated carbocycles. The molecule has 166 valence electrons. The van der Waals surface area contributed by atoms with E-state index in [0.29, 0.717) is 31.2 Å². The third-order valence-electron chi connectivity index (χ3n) is 6.16. The third-order valence-corrected chi connectivity index (χ3v) is 7.18. The molecule has 0 bridgehead atoms. The van der Waals surface area contributed by atoms with Crippen LogP contribution in [0.4, 0.5) is 11.4 Å². The van der Waals surface area contributed by atoms with Gasteiger partial charge in [0.05, 0.1) is 17.2 Å². The van der Waals surface area contributed by atoms with Gasteiger partial charge < -0.3 is 15.7 Å². The zero-order chi connectivity index (χ0) is 22.7. The Morgan fingerprint density at radius 3 is 2.12 bits per heavy atom. The smallest absolute Gasteiger partial charge is 0.306 e. The van der Waals surface area contributed by atoms with Crippen LogP contribution < -0.4 is 10.6 Å². The molecular formula is C26H28N2O3S. The first-order chi connectivity index (χ1) is 15.4. The van der Waals surface area contributed by atoms with E-state index >= 15 is 0 Å². The molecule has 1 amide bonds. The van der Waals surface area contributed by atoms with Crippen LogP contribution in [-0.2, 0) is 4.79 Å². The van der Waals surface area contributed by atoms with Crippen molar-refractivity contribution in [3.63, 3.8) is 0 Å². The van der Waals surface area contributed by atoms with E-state index < -0.39 is 5.97 Å². The second kappa shape index (κ2) is 9.57. The fourth-order valence-corrected chi connectivity index (χ4v) is 5.38. The predicted octanol–water partition coefficient (Wildman–Crippen LogP) is 6.15. The van der Waals surface area contributed by atoms with Crippen LogP contribution in [0.3, 0.4) is 0 Å². The van der Waals surface area contributed by atoms with Crippen LogP contribution in [0.5, 0.6) is 0 Å². The van der Waals surface area contributed by atoms with Gasteiger partial charge in [-0.15, -0.1) is 11.3 Å². The number of carbonyl (C=O) groups excluding carboxylic acids is 1. The number of aryl methyl sites for hydroxylation is 2. The molecule has 32 heavy (non-hydrogen) atoms. The summed E-state index contributed by atoms with van der Waals surface area (Å²) in [4.78, 5) is 26.4. The van der Waals surface area contributed by atoms with Gasteiger partial charge in [0.25, 0.3) is 5.91 Å². The van der Waals surface area contributed by atoms with Gasteiger partial charge in [0.2, 0.25) is 0 Å². The molecule has 6 heteroatoms. The number of rotatable bonds is 6. The van der Waals surface area contributed by atoms with Crippen molar-refractivity contribution in [2.45, 2.75) is 45.6 Å². The number of nitrogens with one attached hydrogen (secondary N) is 2. The minimum Gasteiger partial charge on any atom is -0.481 e. The van der Waals surface area contributed by atoms with Gasteiger partial charge in [0.1, 0.15) is 0 Å². The summed E-state index contributed by atoms with van der Waals surface area (Å²) in [5.74, 6) is -1.11. The Hall–Kier alpha value is -3.12. The summed E-state index contributed by atoms with van der Waals surface area (Å²) in [5, 5.41) is 15.8. The third kappa shape index (κ3) is 4.86. The van der Waals surface area contributed by atoms with Crippen LogP contribution in [0.1, 0.15) is 45.8 Å². The zero-order valence-corrected chi connectivity index (χ0v) is 19.2. The molecule has 0 saturated heterocycles. The van der Waals surface area contributed by atoms with Crippen molar-refractivity contribution < 1.29 is 14.7 Å². The van der Waals surface area contributed by atoms with E-state index in [1.54, 1.807) is 11.3 Å². The average molecular weight is 449 g/mol. The number of carboxylic acids is 1. The number of carboxylic acid groups (broad SMARTS) is 1. The maximum atomic E-state index is 13.2. The number of hydrogen-bond donors (Lipinski definition) is 3. The largest absolute Gasteiger partial charge is 0.481 e. The van der Waals surface area contributed by atoms with Crippen molar-refractivity contribution in [1.82, 2.24) is 5.32 Å². The highest BCUT2D eigenvalue weighted by Gasteiger charge is 2.28.